The maximum Gasteiger partial charge on any atom is 0.101 e. The molecule has 4 heteroatoms. The van der Waals surface area contributed by atoms with Crippen molar-refractivity contribution in [3.63, 3.8) is 0 Å². The van der Waals surface area contributed by atoms with Gasteiger partial charge in [-0.15, -0.1) is 0 Å². The second-order valence-corrected chi connectivity index (χ2v) is 12.0. The number of rotatable bonds is 4. The summed E-state index contributed by atoms with van der Waals surface area (Å²) in [6.07, 6.45) is 0. The molecular weight excluding hydrogens is 585 g/mol. The van der Waals surface area contributed by atoms with E-state index < -0.39 is 0 Å². The zero-order valence-corrected chi connectivity index (χ0v) is 25.8. The number of fused-ring (bicyclic) bond motifs is 6. The fourth-order valence-electron chi connectivity index (χ4n) is 7.30. The van der Waals surface area contributed by atoms with E-state index in [1.165, 1.54) is 16.3 Å². The van der Waals surface area contributed by atoms with Crippen LogP contribution in [0, 0.1) is 22.7 Å². The number of aromatic nitrogens is 2. The molecule has 0 unspecified atom stereocenters. The fraction of sp³-hybridized carbons (Fsp3) is 0. The van der Waals surface area contributed by atoms with Crippen LogP contribution in [0.1, 0.15) is 11.1 Å². The molecule has 48 heavy (non-hydrogen) atoms. The van der Waals surface area contributed by atoms with Crippen LogP contribution in [0.25, 0.3) is 77.2 Å². The minimum Gasteiger partial charge on any atom is -0.309 e. The van der Waals surface area contributed by atoms with Crippen molar-refractivity contribution in [1.29, 1.82) is 10.5 Å². The van der Waals surface area contributed by atoms with Crippen LogP contribution >= 0.6 is 0 Å². The maximum absolute atomic E-state index is 10.4. The van der Waals surface area contributed by atoms with E-state index in [1.807, 2.05) is 42.5 Å². The van der Waals surface area contributed by atoms with E-state index in [2.05, 4.69) is 124 Å². The topological polar surface area (TPSA) is 57.4 Å². The predicted molar refractivity (Wildman–Crippen MR) is 195 cm³/mol. The molecule has 2 heterocycles. The van der Waals surface area contributed by atoms with Crippen LogP contribution in [-0.2, 0) is 0 Å². The van der Waals surface area contributed by atoms with Crippen molar-refractivity contribution in [3.05, 3.63) is 169 Å². The molecule has 0 fully saturated rings. The Bertz CT molecular complexity index is 2790. The molecule has 9 aromatic rings. The van der Waals surface area contributed by atoms with Gasteiger partial charge in [0.05, 0.1) is 45.0 Å². The molecule has 0 aliphatic heterocycles. The summed E-state index contributed by atoms with van der Waals surface area (Å²) in [6, 6.07) is 58.9. The molecule has 0 saturated heterocycles. The summed E-state index contributed by atoms with van der Waals surface area (Å²) in [5.74, 6) is 0. The molecule has 0 spiro atoms. The zero-order valence-electron chi connectivity index (χ0n) is 25.8. The summed E-state index contributed by atoms with van der Waals surface area (Å²) in [5, 5.41) is 25.2. The Balaban J connectivity index is 1.31. The Labute approximate surface area is 277 Å². The Kier molecular flexibility index (Phi) is 6.22. The van der Waals surface area contributed by atoms with Crippen LogP contribution < -0.4 is 0 Å². The minimum absolute atomic E-state index is 0.513. The molecule has 0 saturated carbocycles. The number of hydrogen-bond donors (Lipinski definition) is 0. The van der Waals surface area contributed by atoms with Crippen LogP contribution in [0.5, 0.6) is 0 Å². The van der Waals surface area contributed by atoms with Crippen LogP contribution in [0.4, 0.5) is 0 Å². The van der Waals surface area contributed by atoms with Gasteiger partial charge in [-0.05, 0) is 71.3 Å². The lowest BCUT2D eigenvalue weighted by Gasteiger charge is -2.17. The normalized spacial score (nSPS) is 11.3. The SMILES string of the molecule is N#Cc1ccc(C#N)c(-n2c3ccccc3c3cc(-c4ccc5c6ccccc6n(-c6ccccc6)c5c4)ccc32)c1-c1ccccc1. The first-order valence-electron chi connectivity index (χ1n) is 15.9. The third-order valence-electron chi connectivity index (χ3n) is 9.40. The number of hydrogen-bond acceptors (Lipinski definition) is 2. The number of nitriles is 2. The lowest BCUT2D eigenvalue weighted by atomic mass is 9.95. The molecule has 4 nitrogen and oxygen atoms in total. The molecule has 7 aromatic carbocycles. The highest BCUT2D eigenvalue weighted by atomic mass is 15.0. The van der Waals surface area contributed by atoms with Crippen molar-refractivity contribution >= 4 is 43.6 Å². The molecule has 0 N–H and O–H groups in total. The van der Waals surface area contributed by atoms with E-state index in [4.69, 9.17) is 0 Å². The third-order valence-corrected chi connectivity index (χ3v) is 9.40. The highest BCUT2D eigenvalue weighted by Crippen LogP contribution is 2.41. The van der Waals surface area contributed by atoms with Gasteiger partial charge in [-0.3, -0.25) is 0 Å². The monoisotopic (exact) mass is 610 g/mol. The predicted octanol–water partition coefficient (Wildman–Crippen LogP) is 11.0. The van der Waals surface area contributed by atoms with Crippen molar-refractivity contribution in [2.24, 2.45) is 0 Å². The summed E-state index contributed by atoms with van der Waals surface area (Å²) >= 11 is 0. The van der Waals surface area contributed by atoms with Crippen LogP contribution in [0.15, 0.2) is 158 Å². The van der Waals surface area contributed by atoms with Gasteiger partial charge in [-0.2, -0.15) is 10.5 Å². The molecule has 2 aromatic heterocycles. The summed E-state index contributed by atoms with van der Waals surface area (Å²) < 4.78 is 4.50. The molecule has 0 aliphatic rings. The third kappa shape index (κ3) is 4.07. The Morgan fingerprint density at radius 3 is 1.65 bits per heavy atom. The summed E-state index contributed by atoms with van der Waals surface area (Å²) in [4.78, 5) is 0. The molecule has 0 atom stereocenters. The largest absolute Gasteiger partial charge is 0.309 e. The van der Waals surface area contributed by atoms with Gasteiger partial charge in [0.25, 0.3) is 0 Å². The van der Waals surface area contributed by atoms with Gasteiger partial charge in [0.15, 0.2) is 0 Å². The number of para-hydroxylation sites is 3. The number of nitrogens with zero attached hydrogens (tertiary/aromatic N) is 4. The van der Waals surface area contributed by atoms with E-state index >= 15 is 0 Å². The molecule has 9 rings (SSSR count). The second-order valence-electron chi connectivity index (χ2n) is 12.0. The van der Waals surface area contributed by atoms with Crippen molar-refractivity contribution < 1.29 is 0 Å². The molecule has 0 radical (unpaired) electrons. The first-order chi connectivity index (χ1) is 23.7. The van der Waals surface area contributed by atoms with Crippen molar-refractivity contribution in [2.45, 2.75) is 0 Å². The first kappa shape index (κ1) is 27.4. The van der Waals surface area contributed by atoms with Crippen molar-refractivity contribution in [1.82, 2.24) is 9.13 Å². The molecule has 0 aliphatic carbocycles. The van der Waals surface area contributed by atoms with Gasteiger partial charge in [0.2, 0.25) is 0 Å². The molecule has 0 bridgehead atoms. The van der Waals surface area contributed by atoms with E-state index in [0.717, 1.165) is 61.0 Å². The highest BCUT2D eigenvalue weighted by Gasteiger charge is 2.22. The van der Waals surface area contributed by atoms with Crippen molar-refractivity contribution in [3.8, 4) is 45.8 Å². The average molecular weight is 611 g/mol. The van der Waals surface area contributed by atoms with Gasteiger partial charge in [-0.1, -0.05) is 103 Å². The fourth-order valence-corrected chi connectivity index (χ4v) is 7.30. The van der Waals surface area contributed by atoms with Crippen molar-refractivity contribution in [2.75, 3.05) is 0 Å². The Morgan fingerprint density at radius 2 is 0.917 bits per heavy atom. The van der Waals surface area contributed by atoms with Crippen LogP contribution in [0.2, 0.25) is 0 Å². The summed E-state index contributed by atoms with van der Waals surface area (Å²) in [7, 11) is 0. The first-order valence-corrected chi connectivity index (χ1v) is 15.9. The average Bonchev–Trinajstić information content (AvgIpc) is 3.67. The molecule has 0 amide bonds. The summed E-state index contributed by atoms with van der Waals surface area (Å²) in [6.45, 7) is 0. The van der Waals surface area contributed by atoms with Gasteiger partial charge in [0, 0.05) is 32.8 Å². The van der Waals surface area contributed by atoms with Gasteiger partial charge >= 0.3 is 0 Å². The van der Waals surface area contributed by atoms with Gasteiger partial charge < -0.3 is 9.13 Å². The highest BCUT2D eigenvalue weighted by molar-refractivity contribution is 6.13. The minimum atomic E-state index is 0.513. The van der Waals surface area contributed by atoms with Crippen LogP contribution in [0.3, 0.4) is 0 Å². The van der Waals surface area contributed by atoms with E-state index in [9.17, 15) is 10.5 Å². The van der Waals surface area contributed by atoms with E-state index in [0.29, 0.717) is 11.1 Å². The lowest BCUT2D eigenvalue weighted by molar-refractivity contribution is 1.17. The maximum atomic E-state index is 10.4. The van der Waals surface area contributed by atoms with Gasteiger partial charge in [0.1, 0.15) is 6.07 Å². The van der Waals surface area contributed by atoms with E-state index in [-0.39, 0.29) is 0 Å². The number of benzene rings is 7. The lowest BCUT2D eigenvalue weighted by Crippen LogP contribution is -2.03. The standard InChI is InChI=1S/C44H26N4/c45-27-32-19-20-33(28-46)44(43(32)29-11-3-1-4-12-29)48-40-18-10-8-16-36(40)38-25-30(22-24-41(38)48)31-21-23-37-35-15-7-9-17-39(35)47(42(37)26-31)34-13-5-2-6-14-34/h1-26H. The second kappa shape index (κ2) is 10.9. The van der Waals surface area contributed by atoms with Gasteiger partial charge in [-0.25, -0.2) is 0 Å². The molecule has 222 valence electrons. The Morgan fingerprint density at radius 1 is 0.375 bits per heavy atom. The smallest absolute Gasteiger partial charge is 0.101 e. The Hall–Kier alpha value is -6.88. The summed E-state index contributed by atoms with van der Waals surface area (Å²) in [5.41, 5.74) is 11.0. The van der Waals surface area contributed by atoms with E-state index in [1.54, 1.807) is 12.1 Å². The molecular formula is C44H26N4. The quantitative estimate of drug-likeness (QED) is 0.199. The van der Waals surface area contributed by atoms with Crippen LogP contribution in [-0.4, -0.2) is 9.13 Å². The zero-order chi connectivity index (χ0) is 32.2.